The van der Waals surface area contributed by atoms with E-state index in [1.807, 2.05) is 6.07 Å². The highest BCUT2D eigenvalue weighted by Gasteiger charge is 2.29. The zero-order chi connectivity index (χ0) is 16.6. The Bertz CT molecular complexity index is 777. The topological polar surface area (TPSA) is 62.3 Å². The normalized spacial score (nSPS) is 24.7. The lowest BCUT2D eigenvalue weighted by molar-refractivity contribution is 0.386. The Hall–Kier alpha value is -1.18. The van der Waals surface area contributed by atoms with Crippen LogP contribution in [0.15, 0.2) is 24.3 Å². The van der Waals surface area contributed by atoms with Crippen LogP contribution in [0.4, 0.5) is 5.13 Å². The highest BCUT2D eigenvalue weighted by Crippen LogP contribution is 2.30. The molecule has 0 saturated carbocycles. The third-order valence-corrected chi connectivity index (χ3v) is 8.00. The number of aromatic nitrogens is 1. The van der Waals surface area contributed by atoms with Gasteiger partial charge in [-0.2, -0.15) is 0 Å². The number of para-hydroxylation sites is 1. The summed E-state index contributed by atoms with van der Waals surface area (Å²) in [6.45, 7) is 2.87. The molecule has 7 heteroatoms. The van der Waals surface area contributed by atoms with E-state index >= 15 is 0 Å². The Labute approximate surface area is 147 Å². The number of nitrogens with one attached hydrogen (secondary N) is 1. The largest absolute Gasteiger partial charge is 0.348 e. The molecule has 24 heavy (non-hydrogen) atoms. The maximum absolute atomic E-state index is 11.5. The first-order valence-electron chi connectivity index (χ1n) is 8.63. The van der Waals surface area contributed by atoms with Gasteiger partial charge in [0.25, 0.3) is 0 Å². The van der Waals surface area contributed by atoms with Crippen molar-refractivity contribution in [2.24, 2.45) is 5.92 Å². The zero-order valence-electron chi connectivity index (χ0n) is 13.6. The van der Waals surface area contributed by atoms with Crippen molar-refractivity contribution in [1.82, 2.24) is 10.3 Å². The average Bonchev–Trinajstić information content (AvgIpc) is 3.16. The van der Waals surface area contributed by atoms with Gasteiger partial charge in [0.2, 0.25) is 0 Å². The first-order chi connectivity index (χ1) is 11.6. The molecule has 5 nitrogen and oxygen atoms in total. The predicted octanol–water partition coefficient (Wildman–Crippen LogP) is 2.29. The molecule has 0 aliphatic carbocycles. The maximum atomic E-state index is 11.5. The fourth-order valence-electron chi connectivity index (χ4n) is 3.64. The van der Waals surface area contributed by atoms with Crippen molar-refractivity contribution in [1.29, 1.82) is 0 Å². The van der Waals surface area contributed by atoms with Crippen molar-refractivity contribution in [3.05, 3.63) is 24.3 Å². The van der Waals surface area contributed by atoms with Gasteiger partial charge in [-0.1, -0.05) is 23.5 Å². The van der Waals surface area contributed by atoms with Crippen LogP contribution in [0.1, 0.15) is 19.3 Å². The first kappa shape index (κ1) is 16.3. The minimum atomic E-state index is -2.76. The Balaban J connectivity index is 1.29. The summed E-state index contributed by atoms with van der Waals surface area (Å²) < 4.78 is 24.3. The van der Waals surface area contributed by atoms with Crippen molar-refractivity contribution in [2.45, 2.75) is 25.3 Å². The van der Waals surface area contributed by atoms with Crippen LogP contribution in [0.2, 0.25) is 0 Å². The summed E-state index contributed by atoms with van der Waals surface area (Å²) in [6.07, 6.45) is 3.00. The van der Waals surface area contributed by atoms with Crippen LogP contribution < -0.4 is 10.2 Å². The van der Waals surface area contributed by atoms with Crippen molar-refractivity contribution < 1.29 is 8.42 Å². The molecular formula is C17H23N3O2S2. The van der Waals surface area contributed by atoms with E-state index in [0.717, 1.165) is 49.5 Å². The van der Waals surface area contributed by atoms with E-state index in [-0.39, 0.29) is 0 Å². The summed E-state index contributed by atoms with van der Waals surface area (Å²) in [4.78, 5) is 7.12. The highest BCUT2D eigenvalue weighted by atomic mass is 32.2. The van der Waals surface area contributed by atoms with Crippen molar-refractivity contribution >= 4 is 36.5 Å². The molecule has 2 aliphatic heterocycles. The van der Waals surface area contributed by atoms with Crippen LogP contribution in [0, 0.1) is 5.92 Å². The van der Waals surface area contributed by atoms with Gasteiger partial charge >= 0.3 is 0 Å². The molecular weight excluding hydrogens is 342 g/mol. The summed E-state index contributed by atoms with van der Waals surface area (Å²) in [6, 6.07) is 8.79. The van der Waals surface area contributed by atoms with Gasteiger partial charge in [0.1, 0.15) is 0 Å². The second-order valence-electron chi connectivity index (χ2n) is 6.90. The van der Waals surface area contributed by atoms with Gasteiger partial charge in [-0.3, -0.25) is 0 Å². The van der Waals surface area contributed by atoms with Crippen molar-refractivity contribution in [2.75, 3.05) is 36.0 Å². The van der Waals surface area contributed by atoms with E-state index in [1.54, 1.807) is 11.3 Å². The number of hydrogen-bond acceptors (Lipinski definition) is 6. The molecule has 0 spiro atoms. The highest BCUT2D eigenvalue weighted by molar-refractivity contribution is 7.91. The lowest BCUT2D eigenvalue weighted by atomic mass is 10.0. The molecule has 2 fully saturated rings. The number of benzene rings is 1. The van der Waals surface area contributed by atoms with Crippen molar-refractivity contribution in [3.8, 4) is 0 Å². The van der Waals surface area contributed by atoms with Gasteiger partial charge in [0, 0.05) is 19.1 Å². The number of rotatable bonds is 4. The number of hydrogen-bond donors (Lipinski definition) is 1. The zero-order valence-corrected chi connectivity index (χ0v) is 15.3. The molecule has 1 aromatic heterocycles. The minimum Gasteiger partial charge on any atom is -0.348 e. The number of sulfone groups is 1. The van der Waals surface area contributed by atoms with E-state index in [9.17, 15) is 8.42 Å². The molecule has 0 radical (unpaired) electrons. The van der Waals surface area contributed by atoms with E-state index in [2.05, 4.69) is 28.4 Å². The van der Waals surface area contributed by atoms with Crippen LogP contribution >= 0.6 is 11.3 Å². The summed E-state index contributed by atoms with van der Waals surface area (Å²) in [7, 11) is -2.76. The maximum Gasteiger partial charge on any atom is 0.186 e. The van der Waals surface area contributed by atoms with Gasteiger partial charge in [0.15, 0.2) is 15.0 Å². The Morgan fingerprint density at radius 2 is 2.00 bits per heavy atom. The molecule has 2 aromatic rings. The summed E-state index contributed by atoms with van der Waals surface area (Å²) in [5.41, 5.74) is 1.08. The van der Waals surface area contributed by atoms with E-state index < -0.39 is 9.84 Å². The monoisotopic (exact) mass is 365 g/mol. The lowest BCUT2D eigenvalue weighted by Crippen LogP contribution is -2.44. The number of thiazole rings is 1. The molecule has 0 bridgehead atoms. The summed E-state index contributed by atoms with van der Waals surface area (Å²) >= 11 is 1.77. The van der Waals surface area contributed by atoms with Gasteiger partial charge in [-0.15, -0.1) is 0 Å². The molecule has 4 rings (SSSR count). The second kappa shape index (κ2) is 6.61. The molecule has 1 aromatic carbocycles. The number of piperidine rings is 1. The lowest BCUT2D eigenvalue weighted by Gasteiger charge is -2.32. The third kappa shape index (κ3) is 3.58. The van der Waals surface area contributed by atoms with Crippen LogP contribution in [0.3, 0.4) is 0 Å². The standard InChI is InChI=1S/C17H23N3O2S2/c21-24(22)10-7-13(12-24)11-18-14-5-8-20(9-6-14)17-19-15-3-1-2-4-16(15)23-17/h1-4,13-14,18H,5-12H2/t13-/m1/s1. The SMILES string of the molecule is O=S1(=O)CC[C@H](CNC2CCN(c3nc4ccccc4s3)CC2)C1. The quantitative estimate of drug-likeness (QED) is 0.901. The fraction of sp³-hybridized carbons (Fsp3) is 0.588. The average molecular weight is 366 g/mol. The number of nitrogens with zero attached hydrogens (tertiary/aromatic N) is 2. The summed E-state index contributed by atoms with van der Waals surface area (Å²) in [5, 5.41) is 4.71. The van der Waals surface area contributed by atoms with Crippen LogP contribution in [-0.2, 0) is 9.84 Å². The van der Waals surface area contributed by atoms with E-state index in [1.165, 1.54) is 4.70 Å². The smallest absolute Gasteiger partial charge is 0.186 e. The van der Waals surface area contributed by atoms with Crippen LogP contribution in [0.25, 0.3) is 10.2 Å². The van der Waals surface area contributed by atoms with E-state index in [4.69, 9.17) is 4.98 Å². The van der Waals surface area contributed by atoms with Crippen LogP contribution in [-0.4, -0.2) is 50.6 Å². The molecule has 0 amide bonds. The fourth-order valence-corrected chi connectivity index (χ4v) is 6.52. The van der Waals surface area contributed by atoms with Gasteiger partial charge < -0.3 is 10.2 Å². The minimum absolute atomic E-state index is 0.303. The first-order valence-corrected chi connectivity index (χ1v) is 11.3. The summed E-state index contributed by atoms with van der Waals surface area (Å²) in [5.74, 6) is 1.04. The molecule has 2 saturated heterocycles. The molecule has 2 aliphatic rings. The Kier molecular flexibility index (Phi) is 4.49. The van der Waals surface area contributed by atoms with Crippen LogP contribution in [0.5, 0.6) is 0 Å². The Morgan fingerprint density at radius 1 is 1.21 bits per heavy atom. The molecule has 130 valence electrons. The second-order valence-corrected chi connectivity index (χ2v) is 10.1. The predicted molar refractivity (Wildman–Crippen MR) is 99.6 cm³/mol. The molecule has 1 atom stereocenters. The van der Waals surface area contributed by atoms with Gasteiger partial charge in [0.05, 0.1) is 21.7 Å². The number of anilines is 1. The molecule has 3 heterocycles. The van der Waals surface area contributed by atoms with Crippen molar-refractivity contribution in [3.63, 3.8) is 0 Å². The molecule has 1 N–H and O–H groups in total. The number of fused-ring (bicyclic) bond motifs is 1. The third-order valence-electron chi connectivity index (χ3n) is 5.07. The van der Waals surface area contributed by atoms with E-state index in [0.29, 0.717) is 23.5 Å². The Morgan fingerprint density at radius 3 is 2.71 bits per heavy atom. The molecule has 0 unspecified atom stereocenters. The van der Waals surface area contributed by atoms with Gasteiger partial charge in [-0.05, 0) is 43.9 Å². The van der Waals surface area contributed by atoms with Gasteiger partial charge in [-0.25, -0.2) is 13.4 Å².